The van der Waals surface area contributed by atoms with Crippen LogP contribution < -0.4 is 31.2 Å². The third kappa shape index (κ3) is 5.21. The molecule has 0 spiro atoms. The summed E-state index contributed by atoms with van der Waals surface area (Å²) in [5.41, 5.74) is 12.8. The maximum absolute atomic E-state index is 17.2. The van der Waals surface area contributed by atoms with Gasteiger partial charge >= 0.3 is 6.01 Å². The maximum Gasteiger partial charge on any atom is 0.319 e. The minimum absolute atomic E-state index is 0.0285. The number of fused-ring (bicyclic) bond motifs is 1. The molecule has 0 unspecified atom stereocenters. The van der Waals surface area contributed by atoms with Gasteiger partial charge in [0.05, 0.1) is 33.3 Å². The Bertz CT molecular complexity index is 2100. The highest BCUT2D eigenvalue weighted by Gasteiger charge is 2.34. The summed E-state index contributed by atoms with van der Waals surface area (Å²) in [4.78, 5) is 15.6. The largest absolute Gasteiger partial charge is 0.489 e. The fraction of sp³-hybridized carbons (Fsp3) is 0.333. The highest BCUT2D eigenvalue weighted by Crippen LogP contribution is 2.51. The Balaban J connectivity index is 1.48. The second-order valence-corrected chi connectivity index (χ2v) is 13.5. The third-order valence-electron chi connectivity index (χ3n) is 9.01. The molecular formula is C33H31ClF2N8O2S. The molecule has 0 amide bonds. The molecule has 0 aliphatic carbocycles. The Kier molecular flexibility index (Phi) is 7.90. The van der Waals surface area contributed by atoms with Gasteiger partial charge in [-0.25, -0.2) is 13.8 Å². The lowest BCUT2D eigenvalue weighted by Crippen LogP contribution is -2.50. The van der Waals surface area contributed by atoms with Gasteiger partial charge in [-0.1, -0.05) is 30.2 Å². The number of nitrogens with one attached hydrogen (secondary N) is 1. The summed E-state index contributed by atoms with van der Waals surface area (Å²) in [7, 11) is 0. The zero-order chi connectivity index (χ0) is 33.0. The number of piperidine rings is 1. The molecule has 1 saturated heterocycles. The van der Waals surface area contributed by atoms with Crippen LogP contribution in [0.5, 0.6) is 11.8 Å². The number of hydrogen-bond donors (Lipinski definition) is 3. The predicted octanol–water partition coefficient (Wildman–Crippen LogP) is 6.75. The average molecular weight is 677 g/mol. The van der Waals surface area contributed by atoms with Crippen LogP contribution in [0.3, 0.4) is 0 Å². The molecule has 0 radical (unpaired) electrons. The zero-order valence-corrected chi connectivity index (χ0v) is 27.2. The molecule has 0 bridgehead atoms. The fourth-order valence-corrected chi connectivity index (χ4v) is 7.82. The summed E-state index contributed by atoms with van der Waals surface area (Å²) in [6.45, 7) is 5.64. The van der Waals surface area contributed by atoms with Gasteiger partial charge in [-0.15, -0.1) is 11.3 Å². The van der Waals surface area contributed by atoms with Gasteiger partial charge in [0.2, 0.25) is 0 Å². The Morgan fingerprint density at radius 1 is 1.23 bits per heavy atom. The van der Waals surface area contributed by atoms with E-state index in [0.717, 1.165) is 42.7 Å². The number of thiophene rings is 1. The molecule has 2 atom stereocenters. The first-order valence-electron chi connectivity index (χ1n) is 15.2. The number of hydrogen-bond acceptors (Lipinski definition) is 11. The van der Waals surface area contributed by atoms with Crippen LogP contribution in [0.1, 0.15) is 50.3 Å². The van der Waals surface area contributed by atoms with Crippen LogP contribution in [0.25, 0.3) is 32.1 Å². The van der Waals surface area contributed by atoms with Crippen LogP contribution in [0.2, 0.25) is 5.02 Å². The first kappa shape index (κ1) is 31.1. The summed E-state index contributed by atoms with van der Waals surface area (Å²) in [5.74, 6) is -0.521. The van der Waals surface area contributed by atoms with E-state index in [-0.39, 0.29) is 84.3 Å². The van der Waals surface area contributed by atoms with Crippen LogP contribution >= 0.6 is 22.9 Å². The van der Waals surface area contributed by atoms with Crippen molar-refractivity contribution in [1.82, 2.24) is 20.3 Å². The molecule has 7 rings (SSSR count). The molecule has 14 heteroatoms. The molecule has 10 nitrogen and oxygen atoms in total. The summed E-state index contributed by atoms with van der Waals surface area (Å²) >= 11 is 7.94. The van der Waals surface area contributed by atoms with Crippen molar-refractivity contribution in [2.24, 2.45) is 0 Å². The van der Waals surface area contributed by atoms with E-state index in [0.29, 0.717) is 18.2 Å². The van der Waals surface area contributed by atoms with E-state index in [2.05, 4.69) is 22.2 Å². The van der Waals surface area contributed by atoms with E-state index in [9.17, 15) is 9.65 Å². The normalized spacial score (nSPS) is 18.5. The van der Waals surface area contributed by atoms with Gasteiger partial charge in [0.25, 0.3) is 0 Å². The number of aromatic nitrogens is 3. The summed E-state index contributed by atoms with van der Waals surface area (Å²) in [6.07, 6.45) is 4.64. The molecule has 242 valence electrons. The highest BCUT2D eigenvalue weighted by molar-refractivity contribution is 7.23. The Labute approximate surface area is 278 Å². The number of anilines is 3. The van der Waals surface area contributed by atoms with E-state index in [1.807, 2.05) is 24.0 Å². The Hall–Kier alpha value is -4.51. The second kappa shape index (κ2) is 11.9. The van der Waals surface area contributed by atoms with Gasteiger partial charge in [-0.3, -0.25) is 0 Å². The Morgan fingerprint density at radius 2 is 2.06 bits per heavy atom. The van der Waals surface area contributed by atoms with Gasteiger partial charge in [-0.2, -0.15) is 15.2 Å². The number of nitrogens with zero attached hydrogens (tertiary/aromatic N) is 5. The second-order valence-electron chi connectivity index (χ2n) is 12.1. The topological polar surface area (TPSA) is 148 Å². The summed E-state index contributed by atoms with van der Waals surface area (Å²) < 4.78 is 44.7. The van der Waals surface area contributed by atoms with Crippen LogP contribution in [-0.2, 0) is 0 Å². The van der Waals surface area contributed by atoms with Crippen LogP contribution in [0.4, 0.5) is 25.4 Å². The van der Waals surface area contributed by atoms with E-state index in [1.165, 1.54) is 12.1 Å². The van der Waals surface area contributed by atoms with Crippen molar-refractivity contribution in [3.8, 4) is 29.0 Å². The molecule has 2 aliphatic heterocycles. The van der Waals surface area contributed by atoms with Crippen molar-refractivity contribution in [1.29, 1.82) is 5.26 Å². The number of pyridine rings is 1. The fourth-order valence-electron chi connectivity index (χ4n) is 6.53. The SMILES string of the molecule is C[C@H](c1cccnc1N)N1CCOc2c(Cl)c(-c3ccc(F)c4sc(N)c(C#N)c34)c(F)c3nc(OC[C@@]4(C)CCCCN4)nc1c23. The minimum Gasteiger partial charge on any atom is -0.489 e. The van der Waals surface area contributed by atoms with Gasteiger partial charge in [0, 0.05) is 28.2 Å². The van der Waals surface area contributed by atoms with Crippen molar-refractivity contribution >= 4 is 60.6 Å². The number of halogens is 3. The molecule has 2 aliphatic rings. The monoisotopic (exact) mass is 676 g/mol. The highest BCUT2D eigenvalue weighted by atomic mass is 35.5. The lowest BCUT2D eigenvalue weighted by molar-refractivity contribution is 0.155. The molecule has 47 heavy (non-hydrogen) atoms. The number of rotatable bonds is 6. The average Bonchev–Trinajstić information content (AvgIpc) is 3.29. The maximum atomic E-state index is 17.2. The van der Waals surface area contributed by atoms with Crippen LogP contribution in [0, 0.1) is 23.0 Å². The summed E-state index contributed by atoms with van der Waals surface area (Å²) in [6, 6.07) is 7.92. The predicted molar refractivity (Wildman–Crippen MR) is 180 cm³/mol. The lowest BCUT2D eigenvalue weighted by Gasteiger charge is -2.34. The van der Waals surface area contributed by atoms with E-state index >= 15 is 4.39 Å². The summed E-state index contributed by atoms with van der Waals surface area (Å²) in [5, 5.41) is 13.9. The van der Waals surface area contributed by atoms with Crippen molar-refractivity contribution < 1.29 is 18.3 Å². The number of ether oxygens (including phenoxy) is 2. The molecule has 3 aromatic heterocycles. The zero-order valence-electron chi connectivity index (χ0n) is 25.7. The van der Waals surface area contributed by atoms with Gasteiger partial charge in [0.15, 0.2) is 11.6 Å². The quantitative estimate of drug-likeness (QED) is 0.176. The van der Waals surface area contributed by atoms with Crippen LogP contribution in [0.15, 0.2) is 30.5 Å². The lowest BCUT2D eigenvalue weighted by atomic mass is 9.92. The number of nitrogen functional groups attached to an aromatic ring is 2. The van der Waals surface area contributed by atoms with Crippen molar-refractivity contribution in [3.63, 3.8) is 0 Å². The van der Waals surface area contributed by atoms with Gasteiger partial charge in [-0.05, 0) is 50.9 Å². The van der Waals surface area contributed by atoms with Crippen LogP contribution in [-0.4, -0.2) is 46.8 Å². The van der Waals surface area contributed by atoms with E-state index in [4.69, 9.17) is 37.5 Å². The van der Waals surface area contributed by atoms with E-state index in [1.54, 1.807) is 12.3 Å². The molecule has 5 heterocycles. The molecule has 5 aromatic rings. The molecule has 0 saturated carbocycles. The molecule has 2 aromatic carbocycles. The number of nitriles is 1. The smallest absolute Gasteiger partial charge is 0.319 e. The molecule has 5 N–H and O–H groups in total. The first-order chi connectivity index (χ1) is 22.6. The van der Waals surface area contributed by atoms with Crippen molar-refractivity contribution in [2.75, 3.05) is 42.7 Å². The van der Waals surface area contributed by atoms with E-state index < -0.39 is 11.6 Å². The van der Waals surface area contributed by atoms with Crippen molar-refractivity contribution in [2.45, 2.75) is 44.7 Å². The standard InChI is InChI=1S/C33H31ClF2N8O2S/c1-16(17-6-5-10-40-29(17)38)44-12-13-45-27-23-26(42-32(43-31(23)44)46-15-33(2)9-3-4-11-41-33)25(36)22(24(27)34)18-7-8-20(35)28-21(18)19(14-37)30(39)47-28/h5-8,10,16,41H,3-4,9,11-13,15,39H2,1-2H3,(H2,38,40)/t16-,33-/m1/s1. The Morgan fingerprint density at radius 3 is 2.81 bits per heavy atom. The molecule has 1 fully saturated rings. The number of nitrogens with two attached hydrogens (primary N) is 2. The molecular weight excluding hydrogens is 646 g/mol. The van der Waals surface area contributed by atoms with Gasteiger partial charge < -0.3 is 31.2 Å². The van der Waals surface area contributed by atoms with Crippen molar-refractivity contribution in [3.05, 3.63) is 58.2 Å². The van der Waals surface area contributed by atoms with Gasteiger partial charge in [0.1, 0.15) is 47.3 Å². The minimum atomic E-state index is -0.801. The first-order valence-corrected chi connectivity index (χ1v) is 16.4. The number of benzene rings is 2. The third-order valence-corrected chi connectivity index (χ3v) is 10.4.